The first kappa shape index (κ1) is 12.4. The zero-order chi connectivity index (χ0) is 13.3. The largest absolute Gasteiger partial charge is 0.299 e. The summed E-state index contributed by atoms with van der Waals surface area (Å²) >= 11 is 0. The van der Waals surface area contributed by atoms with Crippen LogP contribution in [0, 0.1) is 5.41 Å². The van der Waals surface area contributed by atoms with E-state index in [-0.39, 0.29) is 5.41 Å². The van der Waals surface area contributed by atoms with E-state index in [2.05, 4.69) is 37.3 Å². The molecule has 0 heterocycles. The molecule has 0 spiro atoms. The van der Waals surface area contributed by atoms with Crippen LogP contribution in [0.5, 0.6) is 0 Å². The van der Waals surface area contributed by atoms with Gasteiger partial charge < -0.3 is 0 Å². The van der Waals surface area contributed by atoms with Gasteiger partial charge in [-0.15, -0.1) is 0 Å². The van der Waals surface area contributed by atoms with Gasteiger partial charge in [-0.05, 0) is 29.2 Å². The maximum Gasteiger partial charge on any atom is 0.143 e. The fourth-order valence-electron chi connectivity index (χ4n) is 3.18. The molecule has 2 aromatic rings. The van der Waals surface area contributed by atoms with Crippen LogP contribution in [0.3, 0.4) is 0 Å². The van der Waals surface area contributed by atoms with Crippen LogP contribution >= 0.6 is 0 Å². The number of carbonyl (C=O) groups is 1. The highest BCUT2D eigenvalue weighted by molar-refractivity contribution is 5.89. The molecule has 2 aromatic carbocycles. The Morgan fingerprint density at radius 1 is 1.05 bits per heavy atom. The molecule has 98 valence electrons. The van der Waals surface area contributed by atoms with Crippen molar-refractivity contribution in [3.05, 3.63) is 48.0 Å². The molecule has 1 nitrogen and oxygen atoms in total. The molecule has 0 aliphatic heterocycles. The van der Waals surface area contributed by atoms with Crippen LogP contribution in [0.1, 0.15) is 38.2 Å². The van der Waals surface area contributed by atoms with Gasteiger partial charge in [0.05, 0.1) is 0 Å². The lowest BCUT2D eigenvalue weighted by atomic mass is 9.81. The molecule has 1 aliphatic rings. The molecule has 0 radical (unpaired) electrons. The molecular weight excluding hydrogens is 232 g/mol. The van der Waals surface area contributed by atoms with E-state index in [1.54, 1.807) is 0 Å². The van der Waals surface area contributed by atoms with E-state index in [0.717, 1.165) is 18.4 Å². The maximum absolute atomic E-state index is 12.5. The first-order valence-electron chi connectivity index (χ1n) is 7.18. The van der Waals surface area contributed by atoms with E-state index in [1.165, 1.54) is 23.6 Å². The summed E-state index contributed by atoms with van der Waals surface area (Å²) < 4.78 is 0. The molecule has 0 saturated heterocycles. The predicted octanol–water partition coefficient (Wildman–Crippen LogP) is 4.53. The van der Waals surface area contributed by atoms with Gasteiger partial charge >= 0.3 is 0 Å². The summed E-state index contributed by atoms with van der Waals surface area (Å²) in [4.78, 5) is 12.5. The first-order chi connectivity index (χ1) is 9.17. The molecule has 1 fully saturated rings. The highest BCUT2D eigenvalue weighted by atomic mass is 16.1. The van der Waals surface area contributed by atoms with Gasteiger partial charge in [-0.25, -0.2) is 0 Å². The third kappa shape index (κ3) is 2.42. The summed E-state index contributed by atoms with van der Waals surface area (Å²) in [5.74, 6) is 0.417. The Morgan fingerprint density at radius 2 is 1.74 bits per heavy atom. The van der Waals surface area contributed by atoms with Gasteiger partial charge in [0.25, 0.3) is 0 Å². The number of benzene rings is 2. The fourth-order valence-corrected chi connectivity index (χ4v) is 3.18. The van der Waals surface area contributed by atoms with Crippen LogP contribution in [0.2, 0.25) is 0 Å². The lowest BCUT2D eigenvalue weighted by Crippen LogP contribution is -2.25. The minimum atomic E-state index is -0.0638. The van der Waals surface area contributed by atoms with E-state index >= 15 is 0 Å². The molecule has 0 N–H and O–H groups in total. The van der Waals surface area contributed by atoms with Crippen LogP contribution in [-0.2, 0) is 11.2 Å². The zero-order valence-corrected chi connectivity index (χ0v) is 11.5. The van der Waals surface area contributed by atoms with Gasteiger partial charge in [0.15, 0.2) is 0 Å². The minimum absolute atomic E-state index is 0.0638. The molecule has 0 aromatic heterocycles. The topological polar surface area (TPSA) is 17.1 Å². The van der Waals surface area contributed by atoms with Crippen molar-refractivity contribution in [2.45, 2.75) is 39.0 Å². The summed E-state index contributed by atoms with van der Waals surface area (Å²) in [6, 6.07) is 14.7. The summed E-state index contributed by atoms with van der Waals surface area (Å²) in [5.41, 5.74) is 1.09. The average molecular weight is 252 g/mol. The molecule has 3 rings (SSSR count). The minimum Gasteiger partial charge on any atom is -0.299 e. The SMILES string of the molecule is CC1(C(=O)Cc2ccc3ccccc3c2)CCCC1. The fraction of sp³-hybridized carbons (Fsp3) is 0.389. The number of carbonyl (C=O) groups excluding carboxylic acids is 1. The van der Waals surface area contributed by atoms with E-state index < -0.39 is 0 Å². The molecule has 1 heteroatoms. The van der Waals surface area contributed by atoms with E-state index in [1.807, 2.05) is 12.1 Å². The summed E-state index contributed by atoms with van der Waals surface area (Å²) in [6.45, 7) is 2.14. The van der Waals surface area contributed by atoms with E-state index in [0.29, 0.717) is 12.2 Å². The Balaban J connectivity index is 1.83. The van der Waals surface area contributed by atoms with Crippen molar-refractivity contribution in [3.63, 3.8) is 0 Å². The second-order valence-corrected chi connectivity index (χ2v) is 6.05. The molecule has 0 unspecified atom stereocenters. The van der Waals surface area contributed by atoms with Crippen molar-refractivity contribution in [3.8, 4) is 0 Å². The number of hydrogen-bond donors (Lipinski definition) is 0. The number of rotatable bonds is 3. The Labute approximate surface area is 114 Å². The third-order valence-corrected chi connectivity index (χ3v) is 4.56. The van der Waals surface area contributed by atoms with Gasteiger partial charge in [-0.1, -0.05) is 62.2 Å². The number of hydrogen-bond acceptors (Lipinski definition) is 1. The molecule has 1 saturated carbocycles. The predicted molar refractivity (Wildman–Crippen MR) is 79.2 cm³/mol. The molecule has 19 heavy (non-hydrogen) atoms. The number of Topliss-reactive ketones (excluding diaryl/α,β-unsaturated/α-hetero) is 1. The van der Waals surface area contributed by atoms with Gasteiger partial charge in [0, 0.05) is 11.8 Å². The molecule has 0 atom stereocenters. The van der Waals surface area contributed by atoms with Gasteiger partial charge in [-0.3, -0.25) is 4.79 Å². The lowest BCUT2D eigenvalue weighted by Gasteiger charge is -2.21. The monoisotopic (exact) mass is 252 g/mol. The zero-order valence-electron chi connectivity index (χ0n) is 11.5. The Morgan fingerprint density at radius 3 is 2.47 bits per heavy atom. The summed E-state index contributed by atoms with van der Waals surface area (Å²) in [7, 11) is 0. The van der Waals surface area contributed by atoms with Gasteiger partial charge in [0.1, 0.15) is 5.78 Å². The van der Waals surface area contributed by atoms with Crippen molar-refractivity contribution in [1.82, 2.24) is 0 Å². The quantitative estimate of drug-likeness (QED) is 0.784. The van der Waals surface area contributed by atoms with Crippen LogP contribution in [0.25, 0.3) is 10.8 Å². The smallest absolute Gasteiger partial charge is 0.143 e. The van der Waals surface area contributed by atoms with Gasteiger partial charge in [-0.2, -0.15) is 0 Å². The Kier molecular flexibility index (Phi) is 3.14. The summed E-state index contributed by atoms with van der Waals surface area (Å²) in [6.07, 6.45) is 5.14. The Hall–Kier alpha value is -1.63. The maximum atomic E-state index is 12.5. The van der Waals surface area contributed by atoms with Crippen LogP contribution in [0.15, 0.2) is 42.5 Å². The van der Waals surface area contributed by atoms with Crippen molar-refractivity contribution < 1.29 is 4.79 Å². The highest BCUT2D eigenvalue weighted by Gasteiger charge is 2.35. The molecule has 1 aliphatic carbocycles. The third-order valence-electron chi connectivity index (χ3n) is 4.56. The van der Waals surface area contributed by atoms with Crippen LogP contribution in [0.4, 0.5) is 0 Å². The molecule has 0 bridgehead atoms. The molecular formula is C18H20O. The second-order valence-electron chi connectivity index (χ2n) is 6.05. The first-order valence-corrected chi connectivity index (χ1v) is 7.18. The summed E-state index contributed by atoms with van der Waals surface area (Å²) in [5, 5.41) is 2.47. The lowest BCUT2D eigenvalue weighted by molar-refractivity contribution is -0.126. The van der Waals surface area contributed by atoms with Crippen molar-refractivity contribution in [2.75, 3.05) is 0 Å². The van der Waals surface area contributed by atoms with Crippen LogP contribution < -0.4 is 0 Å². The van der Waals surface area contributed by atoms with E-state index in [9.17, 15) is 4.79 Å². The second kappa shape index (κ2) is 4.80. The van der Waals surface area contributed by atoms with Crippen LogP contribution in [-0.4, -0.2) is 5.78 Å². The number of fused-ring (bicyclic) bond motifs is 1. The van der Waals surface area contributed by atoms with Crippen molar-refractivity contribution in [1.29, 1.82) is 0 Å². The molecule has 0 amide bonds. The highest BCUT2D eigenvalue weighted by Crippen LogP contribution is 2.39. The standard InChI is InChI=1S/C18H20O/c1-18(10-4-5-11-18)17(19)13-14-8-9-15-6-2-3-7-16(15)12-14/h2-3,6-9,12H,4-5,10-11,13H2,1H3. The Bertz CT molecular complexity index is 606. The van der Waals surface area contributed by atoms with E-state index in [4.69, 9.17) is 0 Å². The van der Waals surface area contributed by atoms with Crippen molar-refractivity contribution >= 4 is 16.6 Å². The van der Waals surface area contributed by atoms with Gasteiger partial charge in [0.2, 0.25) is 0 Å². The average Bonchev–Trinajstić information content (AvgIpc) is 2.87. The normalized spacial score (nSPS) is 17.7. The number of ketones is 1. The van der Waals surface area contributed by atoms with Crippen molar-refractivity contribution in [2.24, 2.45) is 5.41 Å².